The number of hydrogen-bond donors (Lipinski definition) is 2. The first-order chi connectivity index (χ1) is 13.3. The lowest BCUT2D eigenvalue weighted by molar-refractivity contribution is 0.275. The SMILES string of the molecule is CCNC(=NCC1(c2cccc(F)c2)CC1)NCC1CCN(S(C)(=O)=O)CC1.I. The van der Waals surface area contributed by atoms with Gasteiger partial charge < -0.3 is 10.6 Å². The molecule has 6 nitrogen and oxygen atoms in total. The van der Waals surface area contributed by atoms with Crippen molar-refractivity contribution in [1.82, 2.24) is 14.9 Å². The summed E-state index contributed by atoms with van der Waals surface area (Å²) in [4.78, 5) is 4.76. The van der Waals surface area contributed by atoms with Gasteiger partial charge in [0.2, 0.25) is 10.0 Å². The summed E-state index contributed by atoms with van der Waals surface area (Å²) in [5.41, 5.74) is 0.992. The zero-order valence-electron chi connectivity index (χ0n) is 17.2. The Morgan fingerprint density at radius 1 is 1.28 bits per heavy atom. The van der Waals surface area contributed by atoms with Gasteiger partial charge in [-0.3, -0.25) is 4.99 Å². The monoisotopic (exact) mass is 538 g/mol. The van der Waals surface area contributed by atoms with Gasteiger partial charge in [-0.05, 0) is 56.2 Å². The largest absolute Gasteiger partial charge is 0.357 e. The Balaban J connectivity index is 0.00000300. The highest BCUT2D eigenvalue weighted by molar-refractivity contribution is 14.0. The third-order valence-electron chi connectivity index (χ3n) is 5.78. The maximum atomic E-state index is 13.6. The standard InChI is InChI=1S/C20H31FN4O2S.HI/c1-3-22-19(23-14-16-7-11-25(12-8-16)28(2,26)27)24-15-20(9-10-20)17-5-4-6-18(21)13-17;/h4-6,13,16H,3,7-12,14-15H2,1-2H3,(H2,22,23,24);1H. The normalized spacial score (nSPS) is 20.0. The van der Waals surface area contributed by atoms with E-state index in [-0.39, 0.29) is 35.2 Å². The molecule has 1 saturated carbocycles. The van der Waals surface area contributed by atoms with Crippen molar-refractivity contribution < 1.29 is 12.8 Å². The number of guanidine groups is 1. The molecule has 0 atom stereocenters. The summed E-state index contributed by atoms with van der Waals surface area (Å²) >= 11 is 0. The Morgan fingerprint density at radius 3 is 2.52 bits per heavy atom. The first-order valence-corrected chi connectivity index (χ1v) is 11.9. The molecule has 1 aromatic carbocycles. The van der Waals surface area contributed by atoms with E-state index in [4.69, 9.17) is 4.99 Å². The number of nitrogens with one attached hydrogen (secondary N) is 2. The predicted octanol–water partition coefficient (Wildman–Crippen LogP) is 2.70. The maximum Gasteiger partial charge on any atom is 0.211 e. The average molecular weight is 538 g/mol. The topological polar surface area (TPSA) is 73.8 Å². The molecule has 1 heterocycles. The van der Waals surface area contributed by atoms with Crippen molar-refractivity contribution in [3.63, 3.8) is 0 Å². The van der Waals surface area contributed by atoms with E-state index in [1.165, 1.54) is 12.3 Å². The third kappa shape index (κ3) is 6.78. The lowest BCUT2D eigenvalue weighted by atomic mass is 9.96. The number of halogens is 2. The zero-order chi connectivity index (χ0) is 20.2. The number of nitrogens with zero attached hydrogens (tertiary/aromatic N) is 2. The van der Waals surface area contributed by atoms with Crippen molar-refractivity contribution in [2.24, 2.45) is 10.9 Å². The molecule has 0 radical (unpaired) electrons. The molecule has 9 heteroatoms. The summed E-state index contributed by atoms with van der Waals surface area (Å²) in [5, 5.41) is 6.68. The molecule has 0 aromatic heterocycles. The van der Waals surface area contributed by atoms with Crippen LogP contribution in [0, 0.1) is 11.7 Å². The van der Waals surface area contributed by atoms with Crippen LogP contribution in [0.25, 0.3) is 0 Å². The van der Waals surface area contributed by atoms with E-state index in [1.807, 2.05) is 13.0 Å². The zero-order valence-corrected chi connectivity index (χ0v) is 20.3. The Kier molecular flexibility index (Phi) is 8.72. The molecule has 0 amide bonds. The molecule has 1 saturated heterocycles. The van der Waals surface area contributed by atoms with E-state index in [2.05, 4.69) is 10.6 Å². The van der Waals surface area contributed by atoms with Crippen LogP contribution in [0.1, 0.15) is 38.2 Å². The number of hydrogen-bond acceptors (Lipinski definition) is 3. The highest BCUT2D eigenvalue weighted by Crippen LogP contribution is 2.48. The average Bonchev–Trinajstić information content (AvgIpc) is 3.45. The number of sulfonamides is 1. The lowest BCUT2D eigenvalue weighted by Crippen LogP contribution is -2.44. The van der Waals surface area contributed by atoms with Crippen LogP contribution >= 0.6 is 24.0 Å². The van der Waals surface area contributed by atoms with Gasteiger partial charge in [0.05, 0.1) is 12.8 Å². The molecule has 1 aliphatic carbocycles. The maximum absolute atomic E-state index is 13.6. The van der Waals surface area contributed by atoms with Gasteiger partial charge in [0.1, 0.15) is 5.82 Å². The molecule has 3 rings (SSSR count). The fraction of sp³-hybridized carbons (Fsp3) is 0.650. The van der Waals surface area contributed by atoms with Gasteiger partial charge in [-0.15, -0.1) is 24.0 Å². The van der Waals surface area contributed by atoms with Crippen LogP contribution in [0.3, 0.4) is 0 Å². The van der Waals surface area contributed by atoms with Gasteiger partial charge in [0.15, 0.2) is 5.96 Å². The molecule has 0 spiro atoms. The Hall–Kier alpha value is -0.940. The molecule has 2 N–H and O–H groups in total. The fourth-order valence-electron chi connectivity index (χ4n) is 3.77. The smallest absolute Gasteiger partial charge is 0.211 e. The van der Waals surface area contributed by atoms with E-state index in [9.17, 15) is 12.8 Å². The Morgan fingerprint density at radius 2 is 1.97 bits per heavy atom. The predicted molar refractivity (Wildman–Crippen MR) is 126 cm³/mol. The number of rotatable bonds is 7. The summed E-state index contributed by atoms with van der Waals surface area (Å²) in [7, 11) is -3.09. The second kappa shape index (κ2) is 10.4. The molecule has 1 aliphatic heterocycles. The summed E-state index contributed by atoms with van der Waals surface area (Å²) in [6.07, 6.45) is 5.04. The highest BCUT2D eigenvalue weighted by Gasteiger charge is 2.44. The van der Waals surface area contributed by atoms with Crippen molar-refractivity contribution in [1.29, 1.82) is 0 Å². The molecule has 1 aromatic rings. The van der Waals surface area contributed by atoms with Gasteiger partial charge in [0.25, 0.3) is 0 Å². The van der Waals surface area contributed by atoms with Gasteiger partial charge in [-0.25, -0.2) is 17.1 Å². The summed E-state index contributed by atoms with van der Waals surface area (Å²) in [6, 6.07) is 6.85. The molecule has 164 valence electrons. The van der Waals surface area contributed by atoms with Crippen LogP contribution in [0.5, 0.6) is 0 Å². The minimum atomic E-state index is -3.09. The highest BCUT2D eigenvalue weighted by atomic mass is 127. The van der Waals surface area contributed by atoms with Crippen molar-refractivity contribution in [2.45, 2.75) is 38.0 Å². The summed E-state index contributed by atoms with van der Waals surface area (Å²) < 4.78 is 38.4. The van der Waals surface area contributed by atoms with E-state index >= 15 is 0 Å². The van der Waals surface area contributed by atoms with E-state index in [0.717, 1.165) is 50.3 Å². The van der Waals surface area contributed by atoms with Crippen molar-refractivity contribution in [2.75, 3.05) is 39.0 Å². The minimum Gasteiger partial charge on any atom is -0.357 e. The van der Waals surface area contributed by atoms with Gasteiger partial charge >= 0.3 is 0 Å². The second-order valence-corrected chi connectivity index (χ2v) is 9.95. The van der Waals surface area contributed by atoms with Crippen molar-refractivity contribution >= 4 is 40.0 Å². The lowest BCUT2D eigenvalue weighted by Gasteiger charge is -2.30. The van der Waals surface area contributed by atoms with Gasteiger partial charge in [0, 0.05) is 31.6 Å². The van der Waals surface area contributed by atoms with E-state index in [0.29, 0.717) is 25.6 Å². The fourth-order valence-corrected chi connectivity index (χ4v) is 4.64. The molecular weight excluding hydrogens is 506 g/mol. The van der Waals surface area contributed by atoms with Crippen LogP contribution in [0.4, 0.5) is 4.39 Å². The molecule has 0 bridgehead atoms. The first-order valence-electron chi connectivity index (χ1n) is 10.1. The Bertz CT molecular complexity index is 806. The Labute approximate surface area is 190 Å². The summed E-state index contributed by atoms with van der Waals surface area (Å²) in [5.74, 6) is 1.01. The van der Waals surface area contributed by atoms with Gasteiger partial charge in [-0.1, -0.05) is 12.1 Å². The summed E-state index contributed by atoms with van der Waals surface area (Å²) in [6.45, 7) is 5.38. The molecule has 0 unspecified atom stereocenters. The minimum absolute atomic E-state index is 0. The van der Waals surface area contributed by atoms with Crippen LogP contribution in [-0.4, -0.2) is 57.7 Å². The molecular formula is C20H32FIN4O2S. The molecule has 2 fully saturated rings. The quantitative estimate of drug-likeness (QED) is 0.318. The van der Waals surface area contributed by atoms with Gasteiger partial charge in [-0.2, -0.15) is 0 Å². The number of benzene rings is 1. The van der Waals surface area contributed by atoms with E-state index < -0.39 is 10.0 Å². The molecule has 29 heavy (non-hydrogen) atoms. The molecule has 2 aliphatic rings. The second-order valence-electron chi connectivity index (χ2n) is 7.97. The van der Waals surface area contributed by atoms with Crippen LogP contribution in [0.15, 0.2) is 29.3 Å². The van der Waals surface area contributed by atoms with Crippen LogP contribution in [-0.2, 0) is 15.4 Å². The van der Waals surface area contributed by atoms with Crippen LogP contribution < -0.4 is 10.6 Å². The van der Waals surface area contributed by atoms with Crippen molar-refractivity contribution in [3.8, 4) is 0 Å². The number of aliphatic imine (C=N–C) groups is 1. The third-order valence-corrected chi connectivity index (χ3v) is 7.08. The number of piperidine rings is 1. The van der Waals surface area contributed by atoms with E-state index in [1.54, 1.807) is 16.4 Å². The van der Waals surface area contributed by atoms with Crippen LogP contribution in [0.2, 0.25) is 0 Å². The first kappa shape index (κ1) is 24.3. The van der Waals surface area contributed by atoms with Crippen molar-refractivity contribution in [3.05, 3.63) is 35.6 Å².